The second kappa shape index (κ2) is 11.9. The summed E-state index contributed by atoms with van der Waals surface area (Å²) in [5.41, 5.74) is 0. The fourth-order valence-corrected chi connectivity index (χ4v) is 1.18. The maximum absolute atomic E-state index is 9.76. The molecule has 0 aromatic rings. The van der Waals surface area contributed by atoms with E-state index in [1.807, 2.05) is 6.92 Å². The summed E-state index contributed by atoms with van der Waals surface area (Å²) in [5.74, 6) is -0.932. The standard InChI is InChI=1S/C7H18NO.C6H12O2/c1-4-8(2,3)6-5-7-9;1-2-3-4-5-6(7)8/h9H,4-7H2,1-3H3;2-5H2,1H3,(H,7,8)/q+1;/p-1. The molecule has 0 amide bonds. The van der Waals surface area contributed by atoms with Crippen LogP contribution in [-0.4, -0.2) is 49.4 Å². The van der Waals surface area contributed by atoms with Crippen molar-refractivity contribution in [3.05, 3.63) is 0 Å². The topological polar surface area (TPSA) is 60.4 Å². The smallest absolute Gasteiger partial charge is 0.0804 e. The molecule has 0 fully saturated rings. The molecule has 4 nitrogen and oxygen atoms in total. The van der Waals surface area contributed by atoms with Crippen molar-refractivity contribution in [3.8, 4) is 0 Å². The number of carbonyl (C=O) groups excluding carboxylic acids is 1. The summed E-state index contributed by atoms with van der Waals surface area (Å²) >= 11 is 0. The minimum Gasteiger partial charge on any atom is -0.550 e. The van der Waals surface area contributed by atoms with E-state index in [2.05, 4.69) is 21.0 Å². The number of aliphatic hydroxyl groups excluding tert-OH is 1. The van der Waals surface area contributed by atoms with Crippen LogP contribution in [0.25, 0.3) is 0 Å². The van der Waals surface area contributed by atoms with Gasteiger partial charge in [-0.05, 0) is 19.8 Å². The number of nitrogens with zero attached hydrogens (tertiary/aromatic N) is 1. The highest BCUT2D eigenvalue weighted by atomic mass is 16.4. The van der Waals surface area contributed by atoms with Crippen molar-refractivity contribution in [1.82, 2.24) is 0 Å². The van der Waals surface area contributed by atoms with Crippen LogP contribution in [0.5, 0.6) is 0 Å². The molecule has 104 valence electrons. The SMILES string of the molecule is CCCCCC(=O)[O-].CC[N+](C)(C)CCCO. The Morgan fingerprint density at radius 3 is 2.12 bits per heavy atom. The molecule has 0 aliphatic carbocycles. The summed E-state index contributed by atoms with van der Waals surface area (Å²) in [4.78, 5) is 9.76. The van der Waals surface area contributed by atoms with Crippen LogP contribution in [0.4, 0.5) is 0 Å². The monoisotopic (exact) mass is 247 g/mol. The van der Waals surface area contributed by atoms with Crippen LogP contribution >= 0.6 is 0 Å². The molecule has 0 bridgehead atoms. The summed E-state index contributed by atoms with van der Waals surface area (Å²) in [7, 11) is 4.35. The second-order valence-corrected chi connectivity index (χ2v) is 4.88. The Kier molecular flexibility index (Phi) is 13.1. The van der Waals surface area contributed by atoms with Gasteiger partial charge in [0.1, 0.15) is 0 Å². The predicted molar refractivity (Wildman–Crippen MR) is 68.4 cm³/mol. The molecular weight excluding hydrogens is 218 g/mol. The molecule has 0 aliphatic rings. The average Bonchev–Trinajstić information content (AvgIpc) is 2.27. The van der Waals surface area contributed by atoms with E-state index in [0.717, 1.165) is 43.3 Å². The summed E-state index contributed by atoms with van der Waals surface area (Å²) in [6.07, 6.45) is 3.95. The third-order valence-corrected chi connectivity index (χ3v) is 2.76. The van der Waals surface area contributed by atoms with Crippen molar-refractivity contribution in [2.45, 2.75) is 46.0 Å². The van der Waals surface area contributed by atoms with Crippen LogP contribution in [0.15, 0.2) is 0 Å². The van der Waals surface area contributed by atoms with Gasteiger partial charge in [0.05, 0.1) is 27.2 Å². The van der Waals surface area contributed by atoms with E-state index in [-0.39, 0.29) is 6.42 Å². The number of unbranched alkanes of at least 4 members (excludes halogenated alkanes) is 2. The van der Waals surface area contributed by atoms with Crippen LogP contribution in [-0.2, 0) is 4.79 Å². The Balaban J connectivity index is 0. The Morgan fingerprint density at radius 2 is 1.76 bits per heavy atom. The number of aliphatic carboxylic acids is 1. The van der Waals surface area contributed by atoms with Gasteiger partial charge >= 0.3 is 0 Å². The van der Waals surface area contributed by atoms with Gasteiger partial charge in [0, 0.05) is 19.0 Å². The third kappa shape index (κ3) is 18.0. The van der Waals surface area contributed by atoms with Gasteiger partial charge in [0.25, 0.3) is 0 Å². The van der Waals surface area contributed by atoms with Crippen molar-refractivity contribution in [2.75, 3.05) is 33.8 Å². The number of hydrogen-bond donors (Lipinski definition) is 1. The van der Waals surface area contributed by atoms with Crippen molar-refractivity contribution in [3.63, 3.8) is 0 Å². The lowest BCUT2D eigenvalue weighted by molar-refractivity contribution is -0.888. The molecule has 1 N–H and O–H groups in total. The van der Waals surface area contributed by atoms with Crippen LogP contribution in [0.3, 0.4) is 0 Å². The molecule has 0 aromatic heterocycles. The number of aliphatic hydroxyl groups is 1. The number of carbonyl (C=O) groups is 1. The first kappa shape index (κ1) is 18.7. The summed E-state index contributed by atoms with van der Waals surface area (Å²) in [6.45, 7) is 6.74. The number of carboxylic acids is 1. The van der Waals surface area contributed by atoms with Crippen molar-refractivity contribution in [1.29, 1.82) is 0 Å². The summed E-state index contributed by atoms with van der Waals surface area (Å²) < 4.78 is 1.01. The van der Waals surface area contributed by atoms with Gasteiger partial charge in [-0.25, -0.2) is 0 Å². The number of rotatable bonds is 8. The quantitative estimate of drug-likeness (QED) is 0.509. The molecule has 0 saturated heterocycles. The largest absolute Gasteiger partial charge is 0.550 e. The van der Waals surface area contributed by atoms with Crippen molar-refractivity contribution in [2.24, 2.45) is 0 Å². The van der Waals surface area contributed by atoms with E-state index >= 15 is 0 Å². The number of hydrogen-bond acceptors (Lipinski definition) is 3. The van der Waals surface area contributed by atoms with Gasteiger partial charge in [0.15, 0.2) is 0 Å². The lowest BCUT2D eigenvalue weighted by Gasteiger charge is -2.27. The molecule has 0 heterocycles. The van der Waals surface area contributed by atoms with E-state index in [9.17, 15) is 9.90 Å². The second-order valence-electron chi connectivity index (χ2n) is 4.88. The van der Waals surface area contributed by atoms with E-state index in [1.54, 1.807) is 0 Å². The molecule has 0 saturated carbocycles. The van der Waals surface area contributed by atoms with Crippen LogP contribution < -0.4 is 5.11 Å². The third-order valence-electron chi connectivity index (χ3n) is 2.76. The number of quaternary nitrogens is 1. The highest BCUT2D eigenvalue weighted by Gasteiger charge is 2.09. The molecule has 0 unspecified atom stereocenters. The molecule has 4 heteroatoms. The summed E-state index contributed by atoms with van der Waals surface area (Å²) in [5, 5.41) is 18.3. The minimum absolute atomic E-state index is 0.216. The first-order chi connectivity index (χ1) is 7.89. The lowest BCUT2D eigenvalue weighted by Crippen LogP contribution is -2.40. The van der Waals surface area contributed by atoms with Gasteiger partial charge in [-0.1, -0.05) is 19.8 Å². The van der Waals surface area contributed by atoms with Crippen LogP contribution in [0, 0.1) is 0 Å². The normalized spacial score (nSPS) is 10.6. The fraction of sp³-hybridized carbons (Fsp3) is 0.923. The fourth-order valence-electron chi connectivity index (χ4n) is 1.18. The van der Waals surface area contributed by atoms with Crippen molar-refractivity contribution >= 4 is 5.97 Å². The van der Waals surface area contributed by atoms with E-state index in [4.69, 9.17) is 5.11 Å². The highest BCUT2D eigenvalue weighted by Crippen LogP contribution is 1.96. The Bertz CT molecular complexity index is 182. The molecule has 0 rings (SSSR count). The molecule has 17 heavy (non-hydrogen) atoms. The van der Waals surface area contributed by atoms with E-state index < -0.39 is 5.97 Å². The summed E-state index contributed by atoms with van der Waals surface area (Å²) in [6, 6.07) is 0. The molecule has 0 atom stereocenters. The van der Waals surface area contributed by atoms with E-state index in [0.29, 0.717) is 6.61 Å². The van der Waals surface area contributed by atoms with Gasteiger partial charge in [0.2, 0.25) is 0 Å². The molecule has 0 spiro atoms. The molecule has 0 aliphatic heterocycles. The van der Waals surface area contributed by atoms with Crippen LogP contribution in [0.1, 0.15) is 46.0 Å². The zero-order chi connectivity index (χ0) is 13.7. The van der Waals surface area contributed by atoms with Gasteiger partial charge in [-0.3, -0.25) is 0 Å². The van der Waals surface area contributed by atoms with Crippen molar-refractivity contribution < 1.29 is 19.5 Å². The highest BCUT2D eigenvalue weighted by molar-refractivity contribution is 5.63. The zero-order valence-electron chi connectivity index (χ0n) is 11.9. The first-order valence-electron chi connectivity index (χ1n) is 6.52. The van der Waals surface area contributed by atoms with Gasteiger partial charge < -0.3 is 19.5 Å². The number of carboxylic acid groups (broad SMARTS) is 1. The van der Waals surface area contributed by atoms with Gasteiger partial charge in [-0.2, -0.15) is 0 Å². The molecule has 0 aromatic carbocycles. The maximum atomic E-state index is 9.76. The molecular formula is C13H29NO3. The first-order valence-corrected chi connectivity index (χ1v) is 6.52. The van der Waals surface area contributed by atoms with Crippen LogP contribution in [0.2, 0.25) is 0 Å². The van der Waals surface area contributed by atoms with E-state index in [1.165, 1.54) is 0 Å². The predicted octanol–water partition coefficient (Wildman–Crippen LogP) is 0.782. The maximum Gasteiger partial charge on any atom is 0.0804 e. The van der Waals surface area contributed by atoms with Gasteiger partial charge in [-0.15, -0.1) is 0 Å². The lowest BCUT2D eigenvalue weighted by atomic mass is 10.2. The average molecular weight is 247 g/mol. The Labute approximate surface area is 106 Å². The molecule has 0 radical (unpaired) electrons. The zero-order valence-corrected chi connectivity index (χ0v) is 11.9. The minimum atomic E-state index is -0.932. The Hall–Kier alpha value is -0.610. The Morgan fingerprint density at radius 1 is 1.18 bits per heavy atom.